The van der Waals surface area contributed by atoms with Crippen molar-refractivity contribution in [2.45, 2.75) is 46.2 Å². The van der Waals surface area contributed by atoms with E-state index in [0.29, 0.717) is 6.04 Å². The highest BCUT2D eigenvalue weighted by Gasteiger charge is 2.34. The summed E-state index contributed by atoms with van der Waals surface area (Å²) >= 11 is 0. The van der Waals surface area contributed by atoms with Gasteiger partial charge in [0.05, 0.1) is 12.2 Å². The van der Waals surface area contributed by atoms with Crippen molar-refractivity contribution in [1.29, 1.82) is 0 Å². The van der Waals surface area contributed by atoms with Crippen molar-refractivity contribution < 1.29 is 0 Å². The number of aromatic nitrogens is 2. The molecule has 3 nitrogen and oxygen atoms in total. The van der Waals surface area contributed by atoms with Crippen LogP contribution >= 0.6 is 0 Å². The summed E-state index contributed by atoms with van der Waals surface area (Å²) in [6.07, 6.45) is 7.31. The average Bonchev–Trinajstić information content (AvgIpc) is 2.93. The van der Waals surface area contributed by atoms with Crippen molar-refractivity contribution in [3.8, 4) is 0 Å². The standard InChI is InChI=1S/C16H25N3/c1-12-8-13(2)19(17-12)9-14(3)18-10-15-6-4-5-7-16(15)11-18/h4-5,8,14-16H,6-7,9-11H2,1-3H3/t14?,15-,16+. The quantitative estimate of drug-likeness (QED) is 0.778. The number of fused-ring (bicyclic) bond motifs is 1. The van der Waals surface area contributed by atoms with Crippen LogP contribution in [0.3, 0.4) is 0 Å². The Hall–Kier alpha value is -1.09. The molecule has 0 radical (unpaired) electrons. The number of aryl methyl sites for hydroxylation is 2. The lowest BCUT2D eigenvalue weighted by atomic mass is 9.86. The van der Waals surface area contributed by atoms with E-state index in [1.807, 2.05) is 0 Å². The van der Waals surface area contributed by atoms with Crippen molar-refractivity contribution >= 4 is 0 Å². The Morgan fingerprint density at radius 3 is 2.37 bits per heavy atom. The predicted molar refractivity (Wildman–Crippen MR) is 78.1 cm³/mol. The van der Waals surface area contributed by atoms with Crippen LogP contribution in [-0.2, 0) is 6.54 Å². The minimum atomic E-state index is 0.587. The minimum Gasteiger partial charge on any atom is -0.298 e. The summed E-state index contributed by atoms with van der Waals surface area (Å²) in [7, 11) is 0. The lowest BCUT2D eigenvalue weighted by molar-refractivity contribution is 0.218. The lowest BCUT2D eigenvalue weighted by Gasteiger charge is -2.24. The van der Waals surface area contributed by atoms with E-state index in [1.54, 1.807) is 0 Å². The van der Waals surface area contributed by atoms with Gasteiger partial charge >= 0.3 is 0 Å². The van der Waals surface area contributed by atoms with Crippen LogP contribution in [0.25, 0.3) is 0 Å². The Morgan fingerprint density at radius 2 is 1.84 bits per heavy atom. The van der Waals surface area contributed by atoms with Gasteiger partial charge in [0.25, 0.3) is 0 Å². The summed E-state index contributed by atoms with van der Waals surface area (Å²) in [4.78, 5) is 2.67. The fourth-order valence-electron chi connectivity index (χ4n) is 3.64. The second-order valence-electron chi connectivity index (χ2n) is 6.38. The van der Waals surface area contributed by atoms with Crippen molar-refractivity contribution in [2.24, 2.45) is 11.8 Å². The molecule has 19 heavy (non-hydrogen) atoms. The predicted octanol–water partition coefficient (Wildman–Crippen LogP) is 2.79. The van der Waals surface area contributed by atoms with E-state index in [0.717, 1.165) is 24.1 Å². The normalized spacial score (nSPS) is 28.6. The molecule has 1 aromatic rings. The van der Waals surface area contributed by atoms with Gasteiger partial charge in [-0.05, 0) is 51.5 Å². The van der Waals surface area contributed by atoms with Crippen LogP contribution in [0.2, 0.25) is 0 Å². The fourth-order valence-corrected chi connectivity index (χ4v) is 3.64. The lowest BCUT2D eigenvalue weighted by Crippen LogP contribution is -2.35. The first-order valence-electron chi connectivity index (χ1n) is 7.53. The SMILES string of the molecule is Cc1cc(C)n(CC(C)N2C[C@H]3CC=CC[C@H]3C2)n1. The molecule has 2 heterocycles. The molecule has 2 aliphatic rings. The molecule has 3 rings (SSSR count). The third-order valence-electron chi connectivity index (χ3n) is 4.81. The summed E-state index contributed by atoms with van der Waals surface area (Å²) in [6, 6.07) is 2.75. The van der Waals surface area contributed by atoms with E-state index in [9.17, 15) is 0 Å². The molecular formula is C16H25N3. The van der Waals surface area contributed by atoms with Crippen LogP contribution in [0.4, 0.5) is 0 Å². The molecule has 1 unspecified atom stereocenters. The van der Waals surface area contributed by atoms with Gasteiger partial charge in [-0.1, -0.05) is 12.2 Å². The highest BCUT2D eigenvalue weighted by molar-refractivity contribution is 5.07. The minimum absolute atomic E-state index is 0.587. The monoisotopic (exact) mass is 259 g/mol. The first-order valence-corrected chi connectivity index (χ1v) is 7.53. The van der Waals surface area contributed by atoms with E-state index >= 15 is 0 Å². The topological polar surface area (TPSA) is 21.1 Å². The molecular weight excluding hydrogens is 234 g/mol. The molecule has 104 valence electrons. The molecule has 1 aromatic heterocycles. The summed E-state index contributed by atoms with van der Waals surface area (Å²) in [5.74, 6) is 1.79. The zero-order chi connectivity index (χ0) is 13.4. The van der Waals surface area contributed by atoms with Gasteiger partial charge in [-0.25, -0.2) is 0 Å². The molecule has 3 atom stereocenters. The summed E-state index contributed by atoms with van der Waals surface area (Å²) in [5, 5.41) is 4.59. The third kappa shape index (κ3) is 2.62. The molecule has 1 fully saturated rings. The molecule has 0 saturated carbocycles. The fraction of sp³-hybridized carbons (Fsp3) is 0.688. The molecule has 1 aliphatic heterocycles. The highest BCUT2D eigenvalue weighted by Crippen LogP contribution is 2.33. The first kappa shape index (κ1) is 12.9. The van der Waals surface area contributed by atoms with Crippen molar-refractivity contribution in [1.82, 2.24) is 14.7 Å². The zero-order valence-electron chi connectivity index (χ0n) is 12.3. The van der Waals surface area contributed by atoms with E-state index in [2.05, 4.69) is 53.7 Å². The largest absolute Gasteiger partial charge is 0.298 e. The number of hydrogen-bond acceptors (Lipinski definition) is 2. The molecule has 0 bridgehead atoms. The van der Waals surface area contributed by atoms with Gasteiger partial charge in [0.15, 0.2) is 0 Å². The number of likely N-dealkylation sites (tertiary alicyclic amines) is 1. The van der Waals surface area contributed by atoms with Crippen molar-refractivity contribution in [3.05, 3.63) is 29.6 Å². The van der Waals surface area contributed by atoms with Gasteiger partial charge in [0.2, 0.25) is 0 Å². The van der Waals surface area contributed by atoms with Crippen LogP contribution in [0.5, 0.6) is 0 Å². The van der Waals surface area contributed by atoms with E-state index in [-0.39, 0.29) is 0 Å². The molecule has 3 heteroatoms. The summed E-state index contributed by atoms with van der Waals surface area (Å²) < 4.78 is 2.17. The molecule has 0 spiro atoms. The van der Waals surface area contributed by atoms with E-state index < -0.39 is 0 Å². The first-order chi connectivity index (χ1) is 9.13. The molecule has 1 saturated heterocycles. The van der Waals surface area contributed by atoms with Gasteiger partial charge < -0.3 is 0 Å². The maximum Gasteiger partial charge on any atom is 0.0596 e. The number of rotatable bonds is 3. The Labute approximate surface area is 116 Å². The van der Waals surface area contributed by atoms with Crippen molar-refractivity contribution in [2.75, 3.05) is 13.1 Å². The van der Waals surface area contributed by atoms with Crippen LogP contribution in [-0.4, -0.2) is 33.8 Å². The van der Waals surface area contributed by atoms with Crippen LogP contribution in [0.1, 0.15) is 31.2 Å². The maximum absolute atomic E-state index is 4.59. The molecule has 0 N–H and O–H groups in total. The Balaban J connectivity index is 1.62. The maximum atomic E-state index is 4.59. The number of hydrogen-bond donors (Lipinski definition) is 0. The van der Waals surface area contributed by atoms with Gasteiger partial charge in [-0.15, -0.1) is 0 Å². The average molecular weight is 259 g/mol. The number of nitrogens with zero attached hydrogens (tertiary/aromatic N) is 3. The Bertz CT molecular complexity index is 458. The summed E-state index contributed by atoms with van der Waals surface area (Å²) in [6.45, 7) is 10.1. The molecule has 0 aromatic carbocycles. The van der Waals surface area contributed by atoms with Gasteiger partial charge in [0, 0.05) is 24.8 Å². The third-order valence-corrected chi connectivity index (χ3v) is 4.81. The Kier molecular flexibility index (Phi) is 3.48. The zero-order valence-corrected chi connectivity index (χ0v) is 12.3. The van der Waals surface area contributed by atoms with Crippen molar-refractivity contribution in [3.63, 3.8) is 0 Å². The second-order valence-corrected chi connectivity index (χ2v) is 6.38. The molecule has 1 aliphatic carbocycles. The Morgan fingerprint density at radius 1 is 1.21 bits per heavy atom. The smallest absolute Gasteiger partial charge is 0.0596 e. The molecule has 0 amide bonds. The number of allylic oxidation sites excluding steroid dienone is 2. The van der Waals surface area contributed by atoms with Gasteiger partial charge in [0.1, 0.15) is 0 Å². The summed E-state index contributed by atoms with van der Waals surface area (Å²) in [5.41, 5.74) is 2.41. The van der Waals surface area contributed by atoms with E-state index in [4.69, 9.17) is 0 Å². The van der Waals surface area contributed by atoms with Gasteiger partial charge in [-0.2, -0.15) is 5.10 Å². The van der Waals surface area contributed by atoms with Crippen LogP contribution in [0.15, 0.2) is 18.2 Å². The van der Waals surface area contributed by atoms with E-state index in [1.165, 1.54) is 31.6 Å². The van der Waals surface area contributed by atoms with Gasteiger partial charge in [-0.3, -0.25) is 9.58 Å². The van der Waals surface area contributed by atoms with Crippen LogP contribution in [0, 0.1) is 25.7 Å². The second kappa shape index (κ2) is 5.12. The van der Waals surface area contributed by atoms with Crippen LogP contribution < -0.4 is 0 Å². The highest BCUT2D eigenvalue weighted by atomic mass is 15.3.